The van der Waals surface area contributed by atoms with Crippen LogP contribution in [0.15, 0.2) is 6.07 Å². The third-order valence-corrected chi connectivity index (χ3v) is 5.79. The lowest BCUT2D eigenvalue weighted by molar-refractivity contribution is -0.137. The van der Waals surface area contributed by atoms with Crippen molar-refractivity contribution in [3.63, 3.8) is 0 Å². The molecule has 26 heavy (non-hydrogen) atoms. The first-order chi connectivity index (χ1) is 12.4. The number of aryl methyl sites for hydroxylation is 2. The number of hydrogen-bond acceptors (Lipinski definition) is 3. The molecule has 2 saturated heterocycles. The number of likely N-dealkylation sites (tertiary alicyclic amines) is 2. The van der Waals surface area contributed by atoms with Crippen LogP contribution in [0.1, 0.15) is 62.6 Å². The van der Waals surface area contributed by atoms with Crippen molar-refractivity contribution in [1.29, 1.82) is 0 Å². The van der Waals surface area contributed by atoms with Crippen molar-refractivity contribution in [1.82, 2.24) is 19.6 Å². The molecular formula is C20H32N4O2. The second-order valence-electron chi connectivity index (χ2n) is 8.09. The molecule has 3 heterocycles. The molecule has 2 fully saturated rings. The summed E-state index contributed by atoms with van der Waals surface area (Å²) in [6.07, 6.45) is 4.92. The lowest BCUT2D eigenvalue weighted by Crippen LogP contribution is -2.57. The SMILES string of the molecule is CCCc1cc(C(=O)N2CCC[C@@H]3CN(C(=O)C(C)C)CC[C@H]32)n(C)n1. The monoisotopic (exact) mass is 360 g/mol. The topological polar surface area (TPSA) is 58.4 Å². The lowest BCUT2D eigenvalue weighted by Gasteiger charge is -2.47. The van der Waals surface area contributed by atoms with Crippen molar-refractivity contribution in [2.24, 2.45) is 18.9 Å². The molecule has 0 bridgehead atoms. The molecule has 144 valence electrons. The number of rotatable bonds is 4. The predicted molar refractivity (Wildman–Crippen MR) is 101 cm³/mol. The molecule has 0 unspecified atom stereocenters. The van der Waals surface area contributed by atoms with Gasteiger partial charge in [-0.25, -0.2) is 0 Å². The zero-order valence-corrected chi connectivity index (χ0v) is 16.6. The van der Waals surface area contributed by atoms with Crippen molar-refractivity contribution in [3.05, 3.63) is 17.5 Å². The maximum absolute atomic E-state index is 13.2. The minimum atomic E-state index is 0.0410. The summed E-state index contributed by atoms with van der Waals surface area (Å²) in [6, 6.07) is 2.20. The summed E-state index contributed by atoms with van der Waals surface area (Å²) in [5, 5.41) is 4.49. The molecule has 2 aliphatic heterocycles. The van der Waals surface area contributed by atoms with Gasteiger partial charge in [0.15, 0.2) is 0 Å². The van der Waals surface area contributed by atoms with Gasteiger partial charge < -0.3 is 9.80 Å². The normalized spacial score (nSPS) is 23.3. The number of piperidine rings is 2. The fraction of sp³-hybridized carbons (Fsp3) is 0.750. The zero-order chi connectivity index (χ0) is 18.8. The van der Waals surface area contributed by atoms with Gasteiger partial charge in [-0.05, 0) is 37.7 Å². The fourth-order valence-electron chi connectivity index (χ4n) is 4.47. The maximum Gasteiger partial charge on any atom is 0.272 e. The van der Waals surface area contributed by atoms with Crippen LogP contribution in [-0.2, 0) is 18.3 Å². The number of hydrogen-bond donors (Lipinski definition) is 0. The molecule has 2 atom stereocenters. The predicted octanol–water partition coefficient (Wildman–Crippen LogP) is 2.48. The number of carbonyl (C=O) groups is 2. The van der Waals surface area contributed by atoms with Crippen molar-refractivity contribution < 1.29 is 9.59 Å². The molecule has 6 nitrogen and oxygen atoms in total. The van der Waals surface area contributed by atoms with E-state index in [9.17, 15) is 9.59 Å². The summed E-state index contributed by atoms with van der Waals surface area (Å²) in [6.45, 7) is 8.40. The van der Waals surface area contributed by atoms with Gasteiger partial charge in [-0.1, -0.05) is 27.2 Å². The first kappa shape index (κ1) is 18.9. The third-order valence-electron chi connectivity index (χ3n) is 5.79. The quantitative estimate of drug-likeness (QED) is 0.829. The molecule has 0 radical (unpaired) electrons. The summed E-state index contributed by atoms with van der Waals surface area (Å²) in [4.78, 5) is 29.6. The molecule has 3 rings (SSSR count). The average Bonchev–Trinajstić information content (AvgIpc) is 3.00. The third kappa shape index (κ3) is 3.64. The van der Waals surface area contributed by atoms with Crippen LogP contribution in [-0.4, -0.2) is 57.1 Å². The van der Waals surface area contributed by atoms with Crippen LogP contribution in [0.25, 0.3) is 0 Å². The van der Waals surface area contributed by atoms with Crippen LogP contribution in [0.4, 0.5) is 0 Å². The Bertz CT molecular complexity index is 667. The molecule has 0 aliphatic carbocycles. The fourth-order valence-corrected chi connectivity index (χ4v) is 4.47. The number of amides is 2. The first-order valence-corrected chi connectivity index (χ1v) is 10.0. The van der Waals surface area contributed by atoms with E-state index in [4.69, 9.17) is 0 Å². The molecule has 0 N–H and O–H groups in total. The van der Waals surface area contributed by atoms with Gasteiger partial charge in [-0.3, -0.25) is 14.3 Å². The Hall–Kier alpha value is -1.85. The Morgan fingerprint density at radius 3 is 2.73 bits per heavy atom. The highest BCUT2D eigenvalue weighted by molar-refractivity contribution is 5.93. The largest absolute Gasteiger partial charge is 0.342 e. The van der Waals surface area contributed by atoms with Crippen LogP contribution in [0.3, 0.4) is 0 Å². The zero-order valence-electron chi connectivity index (χ0n) is 16.6. The second kappa shape index (κ2) is 7.80. The van der Waals surface area contributed by atoms with Gasteiger partial charge in [0.25, 0.3) is 5.91 Å². The second-order valence-corrected chi connectivity index (χ2v) is 8.09. The Labute approximate surface area is 156 Å². The van der Waals surface area contributed by atoms with E-state index in [1.54, 1.807) is 4.68 Å². The van der Waals surface area contributed by atoms with Crippen LogP contribution < -0.4 is 0 Å². The van der Waals surface area contributed by atoms with Gasteiger partial charge >= 0.3 is 0 Å². The molecule has 1 aromatic rings. The number of fused-ring (bicyclic) bond motifs is 1. The van der Waals surface area contributed by atoms with Gasteiger partial charge in [0.1, 0.15) is 5.69 Å². The van der Waals surface area contributed by atoms with E-state index >= 15 is 0 Å². The highest BCUT2D eigenvalue weighted by Gasteiger charge is 2.40. The van der Waals surface area contributed by atoms with E-state index in [1.165, 1.54) is 0 Å². The van der Waals surface area contributed by atoms with Gasteiger partial charge in [0, 0.05) is 38.6 Å². The van der Waals surface area contributed by atoms with Crippen LogP contribution in [0.2, 0.25) is 0 Å². The van der Waals surface area contributed by atoms with Gasteiger partial charge in [-0.2, -0.15) is 5.10 Å². The first-order valence-electron chi connectivity index (χ1n) is 10.0. The molecule has 2 amide bonds. The van der Waals surface area contributed by atoms with E-state index in [2.05, 4.69) is 16.9 Å². The summed E-state index contributed by atoms with van der Waals surface area (Å²) < 4.78 is 1.73. The maximum atomic E-state index is 13.2. The molecule has 2 aliphatic rings. The van der Waals surface area contributed by atoms with E-state index in [1.807, 2.05) is 31.9 Å². The standard InChI is InChI=1S/C20H32N4O2/c1-5-7-16-12-18(22(4)21-16)20(26)24-10-6-8-15-13-23(11-9-17(15)24)19(25)14(2)3/h12,14-15,17H,5-11,13H2,1-4H3/t15-,17-/m1/s1. The highest BCUT2D eigenvalue weighted by Crippen LogP contribution is 2.32. The van der Waals surface area contributed by atoms with Crippen molar-refractivity contribution in [2.75, 3.05) is 19.6 Å². The average molecular weight is 361 g/mol. The number of aromatic nitrogens is 2. The van der Waals surface area contributed by atoms with Crippen LogP contribution >= 0.6 is 0 Å². The molecule has 1 aromatic heterocycles. The Morgan fingerprint density at radius 1 is 1.27 bits per heavy atom. The molecular weight excluding hydrogens is 328 g/mol. The minimum absolute atomic E-state index is 0.0410. The molecule has 0 spiro atoms. The summed E-state index contributed by atoms with van der Waals surface area (Å²) in [5.41, 5.74) is 1.68. The van der Waals surface area contributed by atoms with E-state index in [0.717, 1.165) is 57.4 Å². The molecule has 0 saturated carbocycles. The Balaban J connectivity index is 1.73. The smallest absolute Gasteiger partial charge is 0.272 e. The summed E-state index contributed by atoms with van der Waals surface area (Å²) in [7, 11) is 1.86. The lowest BCUT2D eigenvalue weighted by atomic mass is 9.83. The van der Waals surface area contributed by atoms with Gasteiger partial charge in [0.2, 0.25) is 5.91 Å². The van der Waals surface area contributed by atoms with E-state index in [0.29, 0.717) is 11.6 Å². The van der Waals surface area contributed by atoms with E-state index < -0.39 is 0 Å². The van der Waals surface area contributed by atoms with E-state index in [-0.39, 0.29) is 23.8 Å². The van der Waals surface area contributed by atoms with Crippen molar-refractivity contribution in [3.8, 4) is 0 Å². The molecule has 0 aromatic carbocycles. The Kier molecular flexibility index (Phi) is 5.68. The van der Waals surface area contributed by atoms with Crippen molar-refractivity contribution in [2.45, 2.75) is 58.9 Å². The van der Waals surface area contributed by atoms with Crippen molar-refractivity contribution >= 4 is 11.8 Å². The summed E-state index contributed by atoms with van der Waals surface area (Å²) >= 11 is 0. The van der Waals surface area contributed by atoms with Gasteiger partial charge in [-0.15, -0.1) is 0 Å². The highest BCUT2D eigenvalue weighted by atomic mass is 16.2. The van der Waals surface area contributed by atoms with Crippen LogP contribution in [0, 0.1) is 11.8 Å². The number of carbonyl (C=O) groups excluding carboxylic acids is 2. The van der Waals surface area contributed by atoms with Gasteiger partial charge in [0.05, 0.1) is 5.69 Å². The molecule has 6 heteroatoms. The number of nitrogens with zero attached hydrogens (tertiary/aromatic N) is 4. The van der Waals surface area contributed by atoms with Crippen LogP contribution in [0.5, 0.6) is 0 Å². The minimum Gasteiger partial charge on any atom is -0.342 e. The summed E-state index contributed by atoms with van der Waals surface area (Å²) in [5.74, 6) is 0.773. The Morgan fingerprint density at radius 2 is 2.04 bits per heavy atom.